The molecule has 0 spiro atoms. The van der Waals surface area contributed by atoms with E-state index in [9.17, 15) is 0 Å². The molecule has 0 heterocycles. The minimum atomic E-state index is -1.55. The molecule has 0 aliphatic carbocycles. The topological polar surface area (TPSA) is 0 Å². The predicted octanol–water partition coefficient (Wildman–Crippen LogP) is 8.41. The highest BCUT2D eigenvalue weighted by molar-refractivity contribution is 6.91. The minimum Gasteiger partial charge on any atom is -0.0654 e. The van der Waals surface area contributed by atoms with Gasteiger partial charge in [0.1, 0.15) is 0 Å². The van der Waals surface area contributed by atoms with Gasteiger partial charge in [0.25, 0.3) is 0 Å². The molecule has 2 aromatic rings. The fourth-order valence-electron chi connectivity index (χ4n) is 4.72. The van der Waals surface area contributed by atoms with Gasteiger partial charge in [-0.05, 0) is 42.9 Å². The molecule has 0 N–H and O–H groups in total. The van der Waals surface area contributed by atoms with Gasteiger partial charge in [0.15, 0.2) is 0 Å². The highest BCUT2D eigenvalue weighted by Crippen LogP contribution is 2.27. The number of benzene rings is 2. The second-order valence-corrected chi connectivity index (χ2v) is 13.9. The van der Waals surface area contributed by atoms with Gasteiger partial charge in [-0.3, -0.25) is 0 Å². The second kappa shape index (κ2) is 13.9. The van der Waals surface area contributed by atoms with Gasteiger partial charge in [-0.25, -0.2) is 0 Å². The average molecular weight is 423 g/mol. The molecule has 0 radical (unpaired) electrons. The molecule has 0 aromatic heterocycles. The van der Waals surface area contributed by atoms with Crippen molar-refractivity contribution in [1.29, 1.82) is 0 Å². The highest BCUT2D eigenvalue weighted by atomic mass is 28.3. The first-order valence-electron chi connectivity index (χ1n) is 12.8. The van der Waals surface area contributed by atoms with Crippen molar-refractivity contribution in [1.82, 2.24) is 0 Å². The van der Waals surface area contributed by atoms with Crippen LogP contribution in [-0.2, 0) is 18.9 Å². The van der Waals surface area contributed by atoms with E-state index in [2.05, 4.69) is 76.2 Å². The van der Waals surface area contributed by atoms with E-state index in [0.717, 1.165) is 0 Å². The third-order valence-corrected chi connectivity index (χ3v) is 12.1. The Balaban J connectivity index is 2.29. The van der Waals surface area contributed by atoms with Crippen molar-refractivity contribution >= 4 is 13.3 Å². The maximum atomic E-state index is 2.53. The van der Waals surface area contributed by atoms with Gasteiger partial charge in [0.05, 0.1) is 8.07 Å². The van der Waals surface area contributed by atoms with Gasteiger partial charge in [-0.1, -0.05) is 138 Å². The first-order chi connectivity index (χ1) is 14.7. The Morgan fingerprint density at radius 1 is 0.500 bits per heavy atom. The molecule has 0 aliphatic rings. The van der Waals surface area contributed by atoms with E-state index >= 15 is 0 Å². The molecule has 0 saturated heterocycles. The lowest BCUT2D eigenvalue weighted by Crippen LogP contribution is -2.50. The lowest BCUT2D eigenvalue weighted by molar-refractivity contribution is 0.794. The average Bonchev–Trinajstić information content (AvgIpc) is 2.79. The number of hydrogen-bond acceptors (Lipinski definition) is 0. The van der Waals surface area contributed by atoms with Crippen LogP contribution in [0.4, 0.5) is 0 Å². The number of aryl methyl sites for hydroxylation is 2. The first kappa shape index (κ1) is 24.9. The van der Waals surface area contributed by atoms with Crippen LogP contribution in [0.1, 0.15) is 95.8 Å². The summed E-state index contributed by atoms with van der Waals surface area (Å²) < 4.78 is 0. The van der Waals surface area contributed by atoms with Crippen LogP contribution in [0.2, 0.25) is 12.1 Å². The minimum absolute atomic E-state index is 1.23. The summed E-state index contributed by atoms with van der Waals surface area (Å²) in [6, 6.07) is 23.8. The summed E-state index contributed by atoms with van der Waals surface area (Å²) in [5.74, 6) is 0. The Morgan fingerprint density at radius 2 is 0.900 bits per heavy atom. The molecule has 0 unspecified atom stereocenters. The summed E-state index contributed by atoms with van der Waals surface area (Å²) in [6.07, 6.45) is 13.0. The highest BCUT2D eigenvalue weighted by Gasteiger charge is 2.34. The van der Waals surface area contributed by atoms with Crippen molar-refractivity contribution in [3.63, 3.8) is 0 Å². The van der Waals surface area contributed by atoms with Crippen LogP contribution in [0.5, 0.6) is 0 Å². The zero-order valence-corrected chi connectivity index (χ0v) is 21.3. The smallest absolute Gasteiger partial charge is 0.0654 e. The molecule has 0 bridgehead atoms. The van der Waals surface area contributed by atoms with Gasteiger partial charge < -0.3 is 0 Å². The zero-order chi connectivity index (χ0) is 21.7. The molecule has 0 nitrogen and oxygen atoms in total. The van der Waals surface area contributed by atoms with Gasteiger partial charge in [0.2, 0.25) is 0 Å². The molecular formula is C29H46Si. The summed E-state index contributed by atoms with van der Waals surface area (Å²) in [6.45, 7) is 9.28. The summed E-state index contributed by atoms with van der Waals surface area (Å²) in [5.41, 5.74) is 4.61. The number of hydrogen-bond donors (Lipinski definition) is 0. The van der Waals surface area contributed by atoms with Crippen molar-refractivity contribution < 1.29 is 0 Å². The van der Waals surface area contributed by atoms with Crippen molar-refractivity contribution in [2.24, 2.45) is 0 Å². The summed E-state index contributed by atoms with van der Waals surface area (Å²) in [4.78, 5) is 0. The van der Waals surface area contributed by atoms with Crippen molar-refractivity contribution in [3.8, 4) is 0 Å². The SMILES string of the molecule is CCCCc1ccc(C[Si](CCCC)(CCCC)c2ccc(CCCC)cc2)cc1. The van der Waals surface area contributed by atoms with Crippen LogP contribution in [0.3, 0.4) is 0 Å². The lowest BCUT2D eigenvalue weighted by Gasteiger charge is -2.33. The lowest BCUT2D eigenvalue weighted by atomic mass is 10.1. The zero-order valence-electron chi connectivity index (χ0n) is 20.3. The Bertz CT molecular complexity index is 675. The molecule has 2 rings (SSSR count). The number of unbranched alkanes of at least 4 members (excludes halogenated alkanes) is 4. The van der Waals surface area contributed by atoms with Gasteiger partial charge in [0, 0.05) is 0 Å². The maximum absolute atomic E-state index is 2.53. The van der Waals surface area contributed by atoms with Gasteiger partial charge in [-0.15, -0.1) is 0 Å². The van der Waals surface area contributed by atoms with E-state index in [1.807, 2.05) is 0 Å². The molecule has 0 atom stereocenters. The summed E-state index contributed by atoms with van der Waals surface area (Å²) >= 11 is 0. The number of rotatable bonds is 15. The van der Waals surface area contributed by atoms with Crippen LogP contribution in [0, 0.1) is 0 Å². The molecule has 30 heavy (non-hydrogen) atoms. The maximum Gasteiger partial charge on any atom is 0.0910 e. The van der Waals surface area contributed by atoms with E-state index in [-0.39, 0.29) is 0 Å². The Labute approximate surface area is 188 Å². The largest absolute Gasteiger partial charge is 0.0910 e. The molecular weight excluding hydrogens is 376 g/mol. The second-order valence-electron chi connectivity index (χ2n) is 9.38. The Hall–Kier alpha value is -1.34. The Morgan fingerprint density at radius 3 is 1.33 bits per heavy atom. The molecule has 0 fully saturated rings. The standard InChI is InChI=1S/C29H46Si/c1-5-9-13-26-15-17-28(18-16-26)25-30(23-11-7-3,24-12-8-4)29-21-19-27(20-22-29)14-10-6-2/h15-22H,5-14,23-25H2,1-4H3. The van der Waals surface area contributed by atoms with E-state index in [4.69, 9.17) is 0 Å². The van der Waals surface area contributed by atoms with Crippen molar-refractivity contribution in [2.75, 3.05) is 0 Å². The molecule has 0 amide bonds. The quantitative estimate of drug-likeness (QED) is 0.253. The van der Waals surface area contributed by atoms with Gasteiger partial charge in [-0.2, -0.15) is 0 Å². The molecule has 0 aliphatic heterocycles. The van der Waals surface area contributed by atoms with Gasteiger partial charge >= 0.3 is 0 Å². The molecule has 1 heteroatoms. The summed E-state index contributed by atoms with van der Waals surface area (Å²) in [7, 11) is -1.55. The third-order valence-electron chi connectivity index (χ3n) is 6.79. The van der Waals surface area contributed by atoms with Crippen LogP contribution in [-0.4, -0.2) is 8.07 Å². The molecule has 2 aromatic carbocycles. The van der Waals surface area contributed by atoms with E-state index in [1.54, 1.807) is 10.8 Å². The monoisotopic (exact) mass is 422 g/mol. The van der Waals surface area contributed by atoms with Crippen LogP contribution >= 0.6 is 0 Å². The molecule has 0 saturated carbocycles. The fourth-order valence-corrected chi connectivity index (χ4v) is 10.1. The van der Waals surface area contributed by atoms with E-state index in [1.165, 1.54) is 93.5 Å². The Kier molecular flexibility index (Phi) is 11.5. The first-order valence-corrected chi connectivity index (χ1v) is 15.5. The normalized spacial score (nSPS) is 11.7. The third kappa shape index (κ3) is 7.73. The van der Waals surface area contributed by atoms with Crippen molar-refractivity contribution in [2.45, 2.75) is 110 Å². The van der Waals surface area contributed by atoms with Crippen LogP contribution in [0.15, 0.2) is 48.5 Å². The van der Waals surface area contributed by atoms with Crippen LogP contribution < -0.4 is 5.19 Å². The van der Waals surface area contributed by atoms with Crippen molar-refractivity contribution in [3.05, 3.63) is 65.2 Å². The fraction of sp³-hybridized carbons (Fsp3) is 0.586. The van der Waals surface area contributed by atoms with E-state index in [0.29, 0.717) is 0 Å². The van der Waals surface area contributed by atoms with E-state index < -0.39 is 8.07 Å². The molecule has 166 valence electrons. The predicted molar refractivity (Wildman–Crippen MR) is 139 cm³/mol. The summed E-state index contributed by atoms with van der Waals surface area (Å²) in [5, 5.41) is 1.71. The van der Waals surface area contributed by atoms with Crippen LogP contribution in [0.25, 0.3) is 0 Å².